The maximum Gasteiger partial charge on any atom is 0.254 e. The van der Waals surface area contributed by atoms with Gasteiger partial charge in [0.15, 0.2) is 5.65 Å². The van der Waals surface area contributed by atoms with E-state index in [0.29, 0.717) is 23.6 Å². The summed E-state index contributed by atoms with van der Waals surface area (Å²) in [6, 6.07) is 9.86. The molecule has 7 nitrogen and oxygen atoms in total. The molecular formula is C21H22N6O. The summed E-state index contributed by atoms with van der Waals surface area (Å²) in [5.41, 5.74) is 3.25. The van der Waals surface area contributed by atoms with Crippen LogP contribution >= 0.6 is 0 Å². The fourth-order valence-electron chi connectivity index (χ4n) is 3.32. The van der Waals surface area contributed by atoms with E-state index in [1.165, 1.54) is 6.33 Å². The Bertz CT molecular complexity index is 1120. The van der Waals surface area contributed by atoms with Crippen LogP contribution in [0.2, 0.25) is 0 Å². The van der Waals surface area contributed by atoms with Gasteiger partial charge in [-0.05, 0) is 50.1 Å². The summed E-state index contributed by atoms with van der Waals surface area (Å²) in [6.07, 6.45) is 7.70. The van der Waals surface area contributed by atoms with Crippen LogP contribution < -0.4 is 10.6 Å². The zero-order valence-corrected chi connectivity index (χ0v) is 15.9. The smallest absolute Gasteiger partial charge is 0.254 e. The Morgan fingerprint density at radius 1 is 1.14 bits per heavy atom. The van der Waals surface area contributed by atoms with E-state index in [2.05, 4.69) is 25.6 Å². The Hall–Kier alpha value is -3.48. The van der Waals surface area contributed by atoms with Gasteiger partial charge in [0.05, 0.1) is 16.5 Å². The summed E-state index contributed by atoms with van der Waals surface area (Å²) in [7, 11) is 0. The van der Waals surface area contributed by atoms with E-state index in [-0.39, 0.29) is 11.9 Å². The van der Waals surface area contributed by atoms with E-state index in [1.54, 1.807) is 12.4 Å². The molecule has 1 amide bonds. The van der Waals surface area contributed by atoms with Crippen molar-refractivity contribution >= 4 is 28.3 Å². The molecule has 142 valence electrons. The summed E-state index contributed by atoms with van der Waals surface area (Å²) in [4.78, 5) is 26.0. The van der Waals surface area contributed by atoms with E-state index in [4.69, 9.17) is 0 Å². The third-order valence-electron chi connectivity index (χ3n) is 4.52. The Kier molecular flexibility index (Phi) is 4.89. The number of anilines is 1. The van der Waals surface area contributed by atoms with E-state index in [1.807, 2.05) is 54.8 Å². The first-order valence-corrected chi connectivity index (χ1v) is 9.32. The molecule has 0 spiro atoms. The van der Waals surface area contributed by atoms with Gasteiger partial charge in [0.1, 0.15) is 12.1 Å². The number of carbonyl (C=O) groups is 1. The number of nitrogens with zero attached hydrogens (tertiary/aromatic N) is 4. The van der Waals surface area contributed by atoms with Crippen molar-refractivity contribution in [2.45, 2.75) is 26.3 Å². The van der Waals surface area contributed by atoms with E-state index in [9.17, 15) is 4.79 Å². The molecule has 0 radical (unpaired) electrons. The third kappa shape index (κ3) is 3.38. The normalized spacial score (nSPS) is 11.2. The van der Waals surface area contributed by atoms with Crippen molar-refractivity contribution in [2.75, 3.05) is 11.9 Å². The van der Waals surface area contributed by atoms with Crippen LogP contribution in [0.4, 0.5) is 5.82 Å². The minimum Gasteiger partial charge on any atom is -0.367 e. The lowest BCUT2D eigenvalue weighted by Gasteiger charge is -2.11. The maximum atomic E-state index is 13.1. The van der Waals surface area contributed by atoms with Gasteiger partial charge in [-0.15, -0.1) is 0 Å². The van der Waals surface area contributed by atoms with Gasteiger partial charge < -0.3 is 15.0 Å². The second kappa shape index (κ2) is 7.64. The van der Waals surface area contributed by atoms with Crippen molar-refractivity contribution in [1.29, 1.82) is 0 Å². The summed E-state index contributed by atoms with van der Waals surface area (Å²) in [5, 5.41) is 7.12. The number of fused-ring (bicyclic) bond motifs is 3. The first-order valence-electron chi connectivity index (χ1n) is 9.32. The molecule has 2 N–H and O–H groups in total. The number of pyridine rings is 2. The molecule has 7 heteroatoms. The van der Waals surface area contributed by atoms with Crippen LogP contribution in [0.1, 0.15) is 29.8 Å². The van der Waals surface area contributed by atoms with Gasteiger partial charge in [-0.2, -0.15) is 0 Å². The van der Waals surface area contributed by atoms with Crippen molar-refractivity contribution in [1.82, 2.24) is 24.7 Å². The highest BCUT2D eigenvalue weighted by Gasteiger charge is 2.22. The van der Waals surface area contributed by atoms with Gasteiger partial charge in [-0.3, -0.25) is 9.78 Å². The molecule has 0 aliphatic rings. The first kappa shape index (κ1) is 17.9. The van der Waals surface area contributed by atoms with Crippen LogP contribution in [0.3, 0.4) is 0 Å². The van der Waals surface area contributed by atoms with E-state index >= 15 is 0 Å². The molecule has 0 saturated heterocycles. The van der Waals surface area contributed by atoms with Crippen LogP contribution in [0.25, 0.3) is 16.6 Å². The predicted molar refractivity (Wildman–Crippen MR) is 110 cm³/mol. The lowest BCUT2D eigenvalue weighted by atomic mass is 10.1. The molecular weight excluding hydrogens is 352 g/mol. The van der Waals surface area contributed by atoms with Crippen molar-refractivity contribution < 1.29 is 4.79 Å². The largest absolute Gasteiger partial charge is 0.367 e. The highest BCUT2D eigenvalue weighted by atomic mass is 16.1. The molecule has 4 aromatic rings. The Balaban J connectivity index is 1.72. The van der Waals surface area contributed by atoms with Gasteiger partial charge in [-0.25, -0.2) is 9.97 Å². The van der Waals surface area contributed by atoms with Crippen LogP contribution in [-0.2, 0) is 6.42 Å². The minimum atomic E-state index is -0.130. The van der Waals surface area contributed by atoms with Gasteiger partial charge in [0.2, 0.25) is 0 Å². The fraction of sp³-hybridized carbons (Fsp3) is 0.238. The van der Waals surface area contributed by atoms with Crippen LogP contribution in [0.15, 0.2) is 55.2 Å². The van der Waals surface area contributed by atoms with E-state index < -0.39 is 0 Å². The molecule has 0 saturated carbocycles. The number of rotatable bonds is 6. The van der Waals surface area contributed by atoms with Crippen LogP contribution in [-0.4, -0.2) is 37.8 Å². The number of hydrogen-bond donors (Lipinski definition) is 2. The molecule has 0 atom stereocenters. The molecule has 0 unspecified atom stereocenters. The number of hydrogen-bond acceptors (Lipinski definition) is 5. The van der Waals surface area contributed by atoms with Gasteiger partial charge >= 0.3 is 0 Å². The fourth-order valence-corrected chi connectivity index (χ4v) is 3.32. The number of carbonyl (C=O) groups excluding carboxylic acids is 1. The van der Waals surface area contributed by atoms with E-state index in [0.717, 1.165) is 22.9 Å². The zero-order valence-electron chi connectivity index (χ0n) is 15.9. The second-order valence-corrected chi connectivity index (χ2v) is 6.91. The zero-order chi connectivity index (χ0) is 19.5. The molecule has 4 rings (SSSR count). The highest BCUT2D eigenvalue weighted by Crippen LogP contribution is 2.30. The minimum absolute atomic E-state index is 0.130. The topological polar surface area (TPSA) is 84.2 Å². The SMILES string of the molecule is CC(C)Nc1ncnc2c1c(C(=O)NCCc1ccncc1)c1ccccn12. The van der Waals surface area contributed by atoms with Crippen molar-refractivity contribution in [3.05, 3.63) is 66.4 Å². The molecule has 28 heavy (non-hydrogen) atoms. The lowest BCUT2D eigenvalue weighted by molar-refractivity contribution is 0.0957. The summed E-state index contributed by atoms with van der Waals surface area (Å²) < 4.78 is 1.93. The Morgan fingerprint density at radius 3 is 2.75 bits per heavy atom. The third-order valence-corrected chi connectivity index (χ3v) is 4.52. The molecule has 4 heterocycles. The van der Waals surface area contributed by atoms with Crippen LogP contribution in [0.5, 0.6) is 0 Å². The highest BCUT2D eigenvalue weighted by molar-refractivity contribution is 6.16. The average molecular weight is 374 g/mol. The number of aromatic nitrogens is 4. The Labute approximate surface area is 162 Å². The summed E-state index contributed by atoms with van der Waals surface area (Å²) in [5.74, 6) is 0.539. The molecule has 0 aliphatic heterocycles. The standard InChI is InChI=1S/C21H22N6O/c1-14(2)26-19-18-17(21(28)23-11-8-15-6-9-22-10-7-15)16-5-3-4-12-27(16)20(18)25-13-24-19/h3-7,9-10,12-14H,8,11H2,1-2H3,(H,23,28)(H,24,25,26). The van der Waals surface area contributed by atoms with Gasteiger partial charge in [0.25, 0.3) is 5.91 Å². The second-order valence-electron chi connectivity index (χ2n) is 6.91. The predicted octanol–water partition coefficient (Wildman–Crippen LogP) is 3.07. The maximum absolute atomic E-state index is 13.1. The molecule has 4 aromatic heterocycles. The summed E-state index contributed by atoms with van der Waals surface area (Å²) >= 11 is 0. The molecule has 0 bridgehead atoms. The average Bonchev–Trinajstić information content (AvgIpc) is 3.04. The van der Waals surface area contributed by atoms with Gasteiger partial charge in [0, 0.05) is 31.2 Å². The first-order chi connectivity index (χ1) is 13.6. The molecule has 0 fully saturated rings. The number of nitrogens with one attached hydrogen (secondary N) is 2. The van der Waals surface area contributed by atoms with Crippen molar-refractivity contribution in [3.8, 4) is 0 Å². The van der Waals surface area contributed by atoms with Crippen molar-refractivity contribution in [2.24, 2.45) is 0 Å². The van der Waals surface area contributed by atoms with Gasteiger partial charge in [-0.1, -0.05) is 6.07 Å². The monoisotopic (exact) mass is 374 g/mol. The Morgan fingerprint density at radius 2 is 1.96 bits per heavy atom. The van der Waals surface area contributed by atoms with Crippen molar-refractivity contribution in [3.63, 3.8) is 0 Å². The number of amides is 1. The molecule has 0 aliphatic carbocycles. The lowest BCUT2D eigenvalue weighted by Crippen LogP contribution is -2.26. The quantitative estimate of drug-likeness (QED) is 0.542. The van der Waals surface area contributed by atoms with Crippen LogP contribution in [0, 0.1) is 0 Å². The molecule has 0 aromatic carbocycles. The summed E-state index contributed by atoms with van der Waals surface area (Å²) in [6.45, 7) is 4.62.